The number of halogens is 2. The van der Waals surface area contributed by atoms with Crippen molar-refractivity contribution in [2.45, 2.75) is 148 Å². The van der Waals surface area contributed by atoms with Gasteiger partial charge in [-0.05, 0) is 69.6 Å². The second-order valence-corrected chi connectivity index (χ2v) is 13.5. The minimum absolute atomic E-state index is 0.206. The van der Waals surface area contributed by atoms with E-state index in [0.717, 1.165) is 31.8 Å². The highest BCUT2D eigenvalue weighted by molar-refractivity contribution is 5.69. The van der Waals surface area contributed by atoms with Gasteiger partial charge in [0.15, 0.2) is 6.61 Å². The van der Waals surface area contributed by atoms with E-state index in [1.54, 1.807) is 30.3 Å². The smallest absolute Gasteiger partial charge is 0.305 e. The first kappa shape index (κ1) is 43.7. The highest BCUT2D eigenvalue weighted by Crippen LogP contribution is 2.40. The topological polar surface area (TPSA) is 88.1 Å². The Hall–Kier alpha value is -3.49. The van der Waals surface area contributed by atoms with Crippen LogP contribution in [0.2, 0.25) is 0 Å². The molecule has 1 aliphatic rings. The van der Waals surface area contributed by atoms with E-state index in [2.05, 4.69) is 19.1 Å². The number of benzene rings is 1. The minimum atomic E-state index is -3.28. The van der Waals surface area contributed by atoms with E-state index in [9.17, 15) is 23.2 Å². The van der Waals surface area contributed by atoms with Gasteiger partial charge in [0.2, 0.25) is 0 Å². The second-order valence-electron chi connectivity index (χ2n) is 13.5. The van der Waals surface area contributed by atoms with Crippen molar-refractivity contribution in [2.75, 3.05) is 13.2 Å². The van der Waals surface area contributed by atoms with Crippen molar-refractivity contribution < 1.29 is 42.1 Å². The van der Waals surface area contributed by atoms with Crippen LogP contribution in [0.25, 0.3) is 0 Å². The van der Waals surface area contributed by atoms with Crippen molar-refractivity contribution in [1.82, 2.24) is 0 Å². The lowest BCUT2D eigenvalue weighted by Gasteiger charge is -2.23. The fourth-order valence-electron chi connectivity index (χ4n) is 6.33. The molecule has 286 valence electrons. The summed E-state index contributed by atoms with van der Waals surface area (Å²) in [5, 5.41) is 0. The van der Waals surface area contributed by atoms with Crippen LogP contribution < -0.4 is 4.74 Å². The fourth-order valence-corrected chi connectivity index (χ4v) is 6.33. The molecule has 2 rings (SSSR count). The van der Waals surface area contributed by atoms with Gasteiger partial charge in [-0.25, -0.2) is 0 Å². The van der Waals surface area contributed by atoms with E-state index < -0.39 is 42.6 Å². The van der Waals surface area contributed by atoms with Crippen molar-refractivity contribution in [3.05, 3.63) is 66.8 Å². The van der Waals surface area contributed by atoms with Crippen LogP contribution in [0.1, 0.15) is 130 Å². The number of para-hydroxylation sites is 1. The Bertz CT molecular complexity index is 1200. The van der Waals surface area contributed by atoms with Gasteiger partial charge in [-0.1, -0.05) is 100 Å². The van der Waals surface area contributed by atoms with E-state index in [0.29, 0.717) is 38.0 Å². The molecular weight excluding hydrogens is 654 g/mol. The molecule has 1 saturated carbocycles. The number of allylic oxidation sites excluding steroid dienone is 4. The third-order valence-corrected chi connectivity index (χ3v) is 8.98. The van der Waals surface area contributed by atoms with Crippen molar-refractivity contribution >= 4 is 17.9 Å². The first-order chi connectivity index (χ1) is 24.6. The zero-order valence-electron chi connectivity index (χ0n) is 31.2. The van der Waals surface area contributed by atoms with E-state index in [1.165, 1.54) is 71.3 Å². The van der Waals surface area contributed by atoms with Crippen molar-refractivity contribution in [3.63, 3.8) is 0 Å². The molecule has 51 heavy (non-hydrogen) atoms. The van der Waals surface area contributed by atoms with Gasteiger partial charge in [0.05, 0.1) is 6.61 Å². The molecule has 0 saturated heterocycles. The quantitative estimate of drug-likeness (QED) is 0.0387. The molecule has 1 aromatic rings. The summed E-state index contributed by atoms with van der Waals surface area (Å²) in [7, 11) is 0. The minimum Gasteiger partial charge on any atom is -0.487 e. The van der Waals surface area contributed by atoms with E-state index in [-0.39, 0.29) is 18.3 Å². The average molecular weight is 717 g/mol. The maximum Gasteiger partial charge on any atom is 0.305 e. The van der Waals surface area contributed by atoms with E-state index in [4.69, 9.17) is 18.9 Å². The van der Waals surface area contributed by atoms with E-state index in [1.807, 2.05) is 12.2 Å². The molecule has 0 unspecified atom stereocenters. The van der Waals surface area contributed by atoms with Crippen LogP contribution in [0.5, 0.6) is 5.75 Å². The van der Waals surface area contributed by atoms with Gasteiger partial charge in [0.25, 0.3) is 5.92 Å². The molecule has 7 nitrogen and oxygen atoms in total. The third kappa shape index (κ3) is 20.8. The molecule has 9 heteroatoms. The zero-order chi connectivity index (χ0) is 37.2. The van der Waals surface area contributed by atoms with Gasteiger partial charge in [0, 0.05) is 38.5 Å². The van der Waals surface area contributed by atoms with Gasteiger partial charge < -0.3 is 18.9 Å². The average Bonchev–Trinajstić information content (AvgIpc) is 3.40. The van der Waals surface area contributed by atoms with Crippen molar-refractivity contribution in [1.29, 1.82) is 0 Å². The Labute approximate surface area is 305 Å². The van der Waals surface area contributed by atoms with Crippen LogP contribution in [-0.4, -0.2) is 49.3 Å². The number of esters is 3. The number of carbonyl (C=O) groups is 3. The van der Waals surface area contributed by atoms with Crippen LogP contribution >= 0.6 is 0 Å². The lowest BCUT2D eigenvalue weighted by Crippen LogP contribution is -2.27. The standard InChI is InChI=1S/C42H62F2O7/c1-4-5-6-7-8-9-10-11-12-13-14-15-18-24-31-48-41(47)28-23-17-16-22-27-37-38(40(51-35(3)46)32-39(37)50-34(2)45)29-30-42(43,44)33-49-36-25-20-19-21-26-36/h9-10,16,19-22,25-26,29-30,37-40H,4-8,11-15,17-18,23-24,27-28,31-33H2,1-3H3/b10-9-,22-16-,30-29+/t37-,38-,39+,40-/m1/s1. The Morgan fingerprint density at radius 3 is 2.02 bits per heavy atom. The van der Waals surface area contributed by atoms with Gasteiger partial charge in [-0.2, -0.15) is 8.78 Å². The van der Waals surface area contributed by atoms with Crippen LogP contribution in [-0.2, 0) is 28.6 Å². The largest absolute Gasteiger partial charge is 0.487 e. The molecule has 0 aromatic heterocycles. The Kier molecular flexibility index (Phi) is 22.5. The SMILES string of the molecule is CCCCCC/C=C\CCCCCCCCOC(=O)CCC/C=C\C[C@@H]1[C@@H](/C=C/C(F)(F)COc2ccccc2)[C@H](OC(C)=O)C[C@@H]1OC(C)=O. The van der Waals surface area contributed by atoms with Gasteiger partial charge in [-0.15, -0.1) is 0 Å². The first-order valence-corrected chi connectivity index (χ1v) is 19.2. The molecular formula is C42H62F2O7. The summed E-state index contributed by atoms with van der Waals surface area (Å²) in [6.45, 7) is 4.39. The number of alkyl halides is 2. The predicted octanol–water partition coefficient (Wildman–Crippen LogP) is 10.7. The molecule has 0 heterocycles. The van der Waals surface area contributed by atoms with Crippen molar-refractivity contribution in [3.8, 4) is 5.75 Å². The Morgan fingerprint density at radius 1 is 0.765 bits per heavy atom. The summed E-state index contributed by atoms with van der Waals surface area (Å²) in [5.41, 5.74) is 0. The van der Waals surface area contributed by atoms with Crippen molar-refractivity contribution in [2.24, 2.45) is 11.8 Å². The first-order valence-electron chi connectivity index (χ1n) is 19.2. The van der Waals surface area contributed by atoms with E-state index >= 15 is 0 Å². The summed E-state index contributed by atoms with van der Waals surface area (Å²) in [6, 6.07) is 8.37. The maximum atomic E-state index is 14.8. The van der Waals surface area contributed by atoms with Crippen LogP contribution in [0.15, 0.2) is 66.8 Å². The molecule has 1 fully saturated rings. The number of unbranched alkanes of at least 4 members (excludes halogenated alkanes) is 11. The predicted molar refractivity (Wildman–Crippen MR) is 198 cm³/mol. The van der Waals surface area contributed by atoms with Crippen LogP contribution in [0.3, 0.4) is 0 Å². The van der Waals surface area contributed by atoms with Gasteiger partial charge >= 0.3 is 17.9 Å². The molecule has 0 bridgehead atoms. The zero-order valence-corrected chi connectivity index (χ0v) is 31.2. The van der Waals surface area contributed by atoms with Gasteiger partial charge in [0.1, 0.15) is 18.0 Å². The second kappa shape index (κ2) is 26.3. The molecule has 0 spiro atoms. The Balaban J connectivity index is 1.72. The highest BCUT2D eigenvalue weighted by atomic mass is 19.3. The van der Waals surface area contributed by atoms with Crippen LogP contribution in [0, 0.1) is 11.8 Å². The normalized spacial score (nSPS) is 19.2. The number of carbonyl (C=O) groups excluding carboxylic acids is 3. The lowest BCUT2D eigenvalue weighted by molar-refractivity contribution is -0.149. The fraction of sp³-hybridized carbons (Fsp3) is 0.643. The summed E-state index contributed by atoms with van der Waals surface area (Å²) < 4.78 is 51.3. The monoisotopic (exact) mass is 716 g/mol. The number of ether oxygens (including phenoxy) is 4. The maximum absolute atomic E-state index is 14.8. The Morgan fingerprint density at radius 2 is 1.35 bits per heavy atom. The molecule has 0 aliphatic heterocycles. The lowest BCUT2D eigenvalue weighted by atomic mass is 9.89. The third-order valence-electron chi connectivity index (χ3n) is 8.98. The van der Waals surface area contributed by atoms with Gasteiger partial charge in [-0.3, -0.25) is 14.4 Å². The molecule has 0 N–H and O–H groups in total. The number of hydrogen-bond acceptors (Lipinski definition) is 7. The molecule has 1 aliphatic carbocycles. The summed E-state index contributed by atoms with van der Waals surface area (Å²) >= 11 is 0. The molecule has 0 amide bonds. The number of hydrogen-bond donors (Lipinski definition) is 0. The molecule has 0 radical (unpaired) electrons. The van der Waals surface area contributed by atoms with Crippen LogP contribution in [0.4, 0.5) is 8.78 Å². The molecule has 4 atom stereocenters. The summed E-state index contributed by atoms with van der Waals surface area (Å²) in [5.74, 6) is -5.18. The molecule has 1 aromatic carbocycles. The number of rotatable bonds is 27. The summed E-state index contributed by atoms with van der Waals surface area (Å²) in [6.07, 6.45) is 25.9. The summed E-state index contributed by atoms with van der Waals surface area (Å²) in [4.78, 5) is 35.9. The highest BCUT2D eigenvalue weighted by Gasteiger charge is 2.45.